The summed E-state index contributed by atoms with van der Waals surface area (Å²) in [6, 6.07) is 18.5. The Balaban J connectivity index is 1.48. The fourth-order valence-corrected chi connectivity index (χ4v) is 4.83. The van der Waals surface area contributed by atoms with E-state index < -0.39 is 11.9 Å². The van der Waals surface area contributed by atoms with Crippen LogP contribution in [0.4, 0.5) is 0 Å². The number of ether oxygens (including phenoxy) is 4. The van der Waals surface area contributed by atoms with Crippen LogP contribution in [0.15, 0.2) is 70.5 Å². The van der Waals surface area contributed by atoms with Gasteiger partial charge in [0, 0.05) is 22.6 Å². The summed E-state index contributed by atoms with van der Waals surface area (Å²) in [5, 5.41) is 10.8. The molecule has 8 heteroatoms. The quantitative estimate of drug-likeness (QED) is 0.195. The first-order chi connectivity index (χ1) is 19.3. The molecule has 4 aromatic rings. The Kier molecular flexibility index (Phi) is 7.39. The molecule has 0 amide bonds. The zero-order valence-electron chi connectivity index (χ0n) is 22.9. The van der Waals surface area contributed by atoms with Gasteiger partial charge in [0.2, 0.25) is 11.6 Å². The van der Waals surface area contributed by atoms with Gasteiger partial charge in [-0.3, -0.25) is 0 Å². The summed E-state index contributed by atoms with van der Waals surface area (Å²) >= 11 is 0. The van der Waals surface area contributed by atoms with Gasteiger partial charge < -0.3 is 29.1 Å². The smallest absolute Gasteiger partial charge is 0.379 e. The second-order valence-electron chi connectivity index (χ2n) is 9.56. The number of rotatable bonds is 8. The van der Waals surface area contributed by atoms with E-state index in [2.05, 4.69) is 6.07 Å². The molecule has 3 aromatic carbocycles. The normalized spacial score (nSPS) is 14.3. The zero-order chi connectivity index (χ0) is 28.4. The van der Waals surface area contributed by atoms with Crippen LogP contribution in [0.5, 0.6) is 23.0 Å². The van der Waals surface area contributed by atoms with E-state index in [0.717, 1.165) is 22.9 Å². The maximum atomic E-state index is 13.1. The van der Waals surface area contributed by atoms with Gasteiger partial charge in [-0.2, -0.15) is 5.26 Å². The molecular weight excluding hydrogens is 508 g/mol. The number of benzene rings is 3. The van der Waals surface area contributed by atoms with Gasteiger partial charge in [-0.25, -0.2) is 4.79 Å². The minimum absolute atomic E-state index is 0.0174. The Hall–Kier alpha value is -4.90. The third-order valence-electron chi connectivity index (χ3n) is 6.74. The van der Waals surface area contributed by atoms with Crippen LogP contribution in [0.25, 0.3) is 11.0 Å². The minimum atomic E-state index is -0.621. The predicted molar refractivity (Wildman–Crippen MR) is 150 cm³/mol. The van der Waals surface area contributed by atoms with E-state index in [1.165, 1.54) is 0 Å². The topological polar surface area (TPSA) is 117 Å². The number of fused-ring (bicyclic) bond motifs is 2. The highest BCUT2D eigenvalue weighted by Gasteiger charge is 2.32. The molecule has 0 fully saturated rings. The molecule has 1 aromatic heterocycles. The fourth-order valence-electron chi connectivity index (χ4n) is 4.83. The van der Waals surface area contributed by atoms with E-state index in [1.54, 1.807) is 18.2 Å². The first-order valence-electron chi connectivity index (χ1n) is 13.2. The minimum Gasteiger partial charge on any atom is -0.490 e. The lowest BCUT2D eigenvalue weighted by atomic mass is 9.83. The lowest BCUT2D eigenvalue weighted by Gasteiger charge is -2.27. The monoisotopic (exact) mass is 538 g/mol. The number of hydrogen-bond acceptors (Lipinski definition) is 8. The van der Waals surface area contributed by atoms with E-state index >= 15 is 0 Å². The third kappa shape index (κ3) is 4.94. The third-order valence-corrected chi connectivity index (χ3v) is 6.74. The molecule has 0 saturated carbocycles. The van der Waals surface area contributed by atoms with Crippen LogP contribution in [0.3, 0.4) is 0 Å². The molecule has 8 nitrogen and oxygen atoms in total. The molecule has 1 atom stereocenters. The van der Waals surface area contributed by atoms with E-state index in [-0.39, 0.29) is 23.0 Å². The lowest BCUT2D eigenvalue weighted by molar-refractivity contribution is 0.0702. The summed E-state index contributed by atoms with van der Waals surface area (Å²) in [5.41, 5.74) is 10.3. The molecule has 204 valence electrons. The van der Waals surface area contributed by atoms with Gasteiger partial charge in [0.25, 0.3) is 0 Å². The second kappa shape index (κ2) is 11.1. The molecule has 0 aliphatic carbocycles. The van der Waals surface area contributed by atoms with Gasteiger partial charge in [0.1, 0.15) is 28.7 Å². The molecule has 2 heterocycles. The number of carbonyl (C=O) groups excluding carboxylic acids is 1. The van der Waals surface area contributed by atoms with Gasteiger partial charge in [0.15, 0.2) is 11.5 Å². The zero-order valence-corrected chi connectivity index (χ0v) is 22.9. The van der Waals surface area contributed by atoms with Crippen molar-refractivity contribution in [2.75, 3.05) is 13.2 Å². The summed E-state index contributed by atoms with van der Waals surface area (Å²) in [6.07, 6.45) is 0.862. The maximum Gasteiger partial charge on any atom is 0.379 e. The summed E-state index contributed by atoms with van der Waals surface area (Å²) in [6.45, 7) is 8.75. The summed E-state index contributed by atoms with van der Waals surface area (Å²) in [4.78, 5) is 13.1. The van der Waals surface area contributed by atoms with E-state index in [0.29, 0.717) is 47.2 Å². The largest absolute Gasteiger partial charge is 0.490 e. The molecule has 2 N–H and O–H groups in total. The molecule has 40 heavy (non-hydrogen) atoms. The van der Waals surface area contributed by atoms with Crippen molar-refractivity contribution in [1.82, 2.24) is 0 Å². The number of carbonyl (C=O) groups is 1. The molecule has 0 bridgehead atoms. The van der Waals surface area contributed by atoms with Crippen LogP contribution < -0.4 is 24.7 Å². The Morgan fingerprint density at radius 3 is 2.60 bits per heavy atom. The number of hydrogen-bond donors (Lipinski definition) is 1. The highest BCUT2D eigenvalue weighted by molar-refractivity contribution is 5.97. The van der Waals surface area contributed by atoms with E-state index in [4.69, 9.17) is 29.1 Å². The summed E-state index contributed by atoms with van der Waals surface area (Å²) in [7, 11) is 0. The van der Waals surface area contributed by atoms with Crippen molar-refractivity contribution in [3.63, 3.8) is 0 Å². The molecule has 1 unspecified atom stereocenters. The number of nitrogens with zero attached hydrogens (tertiary/aromatic N) is 1. The van der Waals surface area contributed by atoms with Gasteiger partial charge in [-0.1, -0.05) is 30.7 Å². The van der Waals surface area contributed by atoms with Crippen LogP contribution in [-0.4, -0.2) is 19.2 Å². The number of aryl methyl sites for hydroxylation is 2. The van der Waals surface area contributed by atoms with Gasteiger partial charge in [0.05, 0.1) is 19.1 Å². The van der Waals surface area contributed by atoms with E-state index in [1.807, 2.05) is 64.1 Å². The molecule has 0 spiro atoms. The molecule has 0 saturated heterocycles. The molecular formula is C32H30N2O6. The number of nitrogens with two attached hydrogens (primary N) is 1. The van der Waals surface area contributed by atoms with Crippen molar-refractivity contribution < 1.29 is 28.2 Å². The summed E-state index contributed by atoms with van der Waals surface area (Å²) < 4.78 is 29.0. The first-order valence-corrected chi connectivity index (χ1v) is 13.2. The SMILES string of the molecule is CCCOc1ccc(C2C(C#N)=C(N)Oc3cc(OC(=O)c4oc5ccc(C)cc5c4C)ccc32)cc1OCC. The average molecular weight is 539 g/mol. The van der Waals surface area contributed by atoms with Crippen LogP contribution >= 0.6 is 0 Å². The van der Waals surface area contributed by atoms with Gasteiger partial charge in [-0.15, -0.1) is 0 Å². The van der Waals surface area contributed by atoms with Crippen LogP contribution in [-0.2, 0) is 0 Å². The fraction of sp³-hybridized carbons (Fsp3) is 0.250. The van der Waals surface area contributed by atoms with Crippen molar-refractivity contribution in [2.24, 2.45) is 5.73 Å². The van der Waals surface area contributed by atoms with Gasteiger partial charge >= 0.3 is 5.97 Å². The van der Waals surface area contributed by atoms with Crippen LogP contribution in [0.1, 0.15) is 59.0 Å². The van der Waals surface area contributed by atoms with Crippen molar-refractivity contribution in [3.8, 4) is 29.1 Å². The van der Waals surface area contributed by atoms with Crippen LogP contribution in [0.2, 0.25) is 0 Å². The second-order valence-corrected chi connectivity index (χ2v) is 9.56. The Morgan fingerprint density at radius 1 is 1.02 bits per heavy atom. The molecule has 0 radical (unpaired) electrons. The Labute approximate surface area is 232 Å². The molecule has 5 rings (SSSR count). The number of furan rings is 1. The standard InChI is InChI=1S/C32H30N2O6/c1-5-13-37-26-12-8-20(15-28(26)36-6-2)29-22-10-9-21(16-27(22)40-31(34)24(29)17-33)38-32(35)30-19(4)23-14-18(3)7-11-25(23)39-30/h7-12,14-16,29H,5-6,13,34H2,1-4H3. The highest BCUT2D eigenvalue weighted by Crippen LogP contribution is 2.45. The van der Waals surface area contributed by atoms with Crippen molar-refractivity contribution >= 4 is 16.9 Å². The lowest BCUT2D eigenvalue weighted by Crippen LogP contribution is -2.21. The first kappa shape index (κ1) is 26.7. The van der Waals surface area contributed by atoms with Crippen molar-refractivity contribution in [1.29, 1.82) is 5.26 Å². The van der Waals surface area contributed by atoms with Gasteiger partial charge in [-0.05, 0) is 63.1 Å². The average Bonchev–Trinajstić information content (AvgIpc) is 3.27. The van der Waals surface area contributed by atoms with Crippen molar-refractivity contribution in [2.45, 2.75) is 40.0 Å². The number of esters is 1. The highest BCUT2D eigenvalue weighted by atomic mass is 16.5. The predicted octanol–water partition coefficient (Wildman–Crippen LogP) is 6.67. The van der Waals surface area contributed by atoms with Crippen molar-refractivity contribution in [3.05, 3.63) is 94.1 Å². The molecule has 1 aliphatic rings. The van der Waals surface area contributed by atoms with Crippen LogP contribution in [0, 0.1) is 25.2 Å². The number of allylic oxidation sites excluding steroid dienone is 1. The molecule has 1 aliphatic heterocycles. The Bertz CT molecular complexity index is 1680. The van der Waals surface area contributed by atoms with E-state index in [9.17, 15) is 10.1 Å². The number of nitriles is 1. The maximum absolute atomic E-state index is 13.1. The summed E-state index contributed by atoms with van der Waals surface area (Å²) in [5.74, 6) is 0.835. The Morgan fingerprint density at radius 2 is 1.85 bits per heavy atom.